The molecule has 2 fully saturated rings. The average molecular weight is 424 g/mol. The predicted octanol–water partition coefficient (Wildman–Crippen LogP) is 1.90. The highest BCUT2D eigenvalue weighted by molar-refractivity contribution is 14.0. The Bertz CT molecular complexity index is 358. The molecule has 2 aliphatic rings. The molecular formula is C16H33IN4O. The predicted molar refractivity (Wildman–Crippen MR) is 103 cm³/mol. The minimum Gasteiger partial charge on any atom is -0.388 e. The van der Waals surface area contributed by atoms with Crippen molar-refractivity contribution in [1.82, 2.24) is 15.1 Å². The Morgan fingerprint density at radius 2 is 2.05 bits per heavy atom. The summed E-state index contributed by atoms with van der Waals surface area (Å²) in [7, 11) is 3.92. The number of likely N-dealkylation sites (tertiary alicyclic amines) is 1. The first kappa shape index (κ1) is 20.0. The maximum atomic E-state index is 10.4. The zero-order valence-electron chi connectivity index (χ0n) is 14.3. The summed E-state index contributed by atoms with van der Waals surface area (Å²) >= 11 is 0. The number of hydrogen-bond donors (Lipinski definition) is 2. The topological polar surface area (TPSA) is 51.1 Å². The number of guanidine groups is 1. The first-order chi connectivity index (χ1) is 10.1. The lowest BCUT2D eigenvalue weighted by Crippen LogP contribution is -2.49. The third kappa shape index (κ3) is 5.23. The summed E-state index contributed by atoms with van der Waals surface area (Å²) in [5.74, 6) is 0.901. The zero-order valence-corrected chi connectivity index (χ0v) is 16.7. The Balaban J connectivity index is 0.00000242. The quantitative estimate of drug-likeness (QED) is 0.402. The van der Waals surface area contributed by atoms with Crippen molar-refractivity contribution < 1.29 is 5.11 Å². The second kappa shape index (κ2) is 9.27. The van der Waals surface area contributed by atoms with E-state index in [0.29, 0.717) is 12.6 Å². The third-order valence-corrected chi connectivity index (χ3v) is 5.07. The molecule has 1 aliphatic heterocycles. The lowest BCUT2D eigenvalue weighted by Gasteiger charge is -2.31. The van der Waals surface area contributed by atoms with E-state index in [1.807, 2.05) is 7.05 Å². The second-order valence-corrected chi connectivity index (χ2v) is 6.64. The van der Waals surface area contributed by atoms with Crippen LogP contribution in [0.2, 0.25) is 0 Å². The standard InChI is InChI=1S/C16H32N4O.HI/c1-4-20-11-7-8-14(20)12-19(3)15(17-2)18-13-16(21)9-5-6-10-16;/h14,21H,4-13H2,1-3H3,(H,17,18);1H. The number of nitrogens with zero attached hydrogens (tertiary/aromatic N) is 3. The Morgan fingerprint density at radius 1 is 1.36 bits per heavy atom. The summed E-state index contributed by atoms with van der Waals surface area (Å²) < 4.78 is 0. The van der Waals surface area contributed by atoms with E-state index in [-0.39, 0.29) is 24.0 Å². The van der Waals surface area contributed by atoms with Crippen molar-refractivity contribution in [2.75, 3.05) is 40.3 Å². The Kier molecular flexibility index (Phi) is 8.42. The van der Waals surface area contributed by atoms with Crippen LogP contribution in [0.25, 0.3) is 0 Å². The van der Waals surface area contributed by atoms with E-state index in [1.54, 1.807) is 0 Å². The number of nitrogens with one attached hydrogen (secondary N) is 1. The van der Waals surface area contributed by atoms with Crippen LogP contribution in [-0.4, -0.2) is 72.8 Å². The van der Waals surface area contributed by atoms with Crippen molar-refractivity contribution in [2.24, 2.45) is 4.99 Å². The van der Waals surface area contributed by atoms with Crippen LogP contribution in [0, 0.1) is 0 Å². The maximum Gasteiger partial charge on any atom is 0.193 e. The summed E-state index contributed by atoms with van der Waals surface area (Å²) in [6.45, 7) is 6.21. The van der Waals surface area contributed by atoms with Gasteiger partial charge in [0.2, 0.25) is 0 Å². The van der Waals surface area contributed by atoms with E-state index >= 15 is 0 Å². The van der Waals surface area contributed by atoms with E-state index in [4.69, 9.17) is 0 Å². The van der Waals surface area contributed by atoms with Crippen LogP contribution < -0.4 is 5.32 Å². The highest BCUT2D eigenvalue weighted by Gasteiger charge is 2.31. The Labute approximate surface area is 152 Å². The lowest BCUT2D eigenvalue weighted by atomic mass is 10.0. The van der Waals surface area contributed by atoms with Gasteiger partial charge in [0, 0.05) is 33.2 Å². The molecule has 5 nitrogen and oxygen atoms in total. The minimum absolute atomic E-state index is 0. The number of aliphatic imine (C=N–C) groups is 1. The Hall–Kier alpha value is -0.0800. The van der Waals surface area contributed by atoms with E-state index in [2.05, 4.69) is 34.1 Å². The molecular weight excluding hydrogens is 391 g/mol. The van der Waals surface area contributed by atoms with Crippen LogP contribution in [0.3, 0.4) is 0 Å². The molecule has 0 spiro atoms. The molecule has 1 aliphatic carbocycles. The number of halogens is 1. The molecule has 1 atom stereocenters. The summed E-state index contributed by atoms with van der Waals surface area (Å²) in [6.07, 6.45) is 6.68. The van der Waals surface area contributed by atoms with Crippen molar-refractivity contribution in [1.29, 1.82) is 0 Å². The fourth-order valence-electron chi connectivity index (χ4n) is 3.76. The second-order valence-electron chi connectivity index (χ2n) is 6.64. The van der Waals surface area contributed by atoms with E-state index < -0.39 is 5.60 Å². The molecule has 0 aromatic heterocycles. The first-order valence-electron chi connectivity index (χ1n) is 8.46. The zero-order chi connectivity index (χ0) is 15.3. The van der Waals surface area contributed by atoms with Gasteiger partial charge in [-0.3, -0.25) is 9.89 Å². The summed E-state index contributed by atoms with van der Waals surface area (Å²) in [6, 6.07) is 0.633. The van der Waals surface area contributed by atoms with Crippen LogP contribution in [0.5, 0.6) is 0 Å². The average Bonchev–Trinajstić information content (AvgIpc) is 3.09. The molecule has 1 unspecified atom stereocenters. The molecule has 22 heavy (non-hydrogen) atoms. The van der Waals surface area contributed by atoms with Crippen molar-refractivity contribution in [3.8, 4) is 0 Å². The number of likely N-dealkylation sites (N-methyl/N-ethyl adjacent to an activating group) is 2. The minimum atomic E-state index is -0.528. The molecule has 0 bridgehead atoms. The largest absolute Gasteiger partial charge is 0.388 e. The van der Waals surface area contributed by atoms with Crippen LogP contribution in [0.1, 0.15) is 45.4 Å². The van der Waals surface area contributed by atoms with Crippen molar-refractivity contribution in [3.63, 3.8) is 0 Å². The van der Waals surface area contributed by atoms with Crippen molar-refractivity contribution >= 4 is 29.9 Å². The van der Waals surface area contributed by atoms with Crippen LogP contribution in [-0.2, 0) is 0 Å². The summed E-state index contributed by atoms with van der Waals surface area (Å²) in [5.41, 5.74) is -0.528. The highest BCUT2D eigenvalue weighted by Crippen LogP contribution is 2.28. The molecule has 2 rings (SSSR count). The van der Waals surface area contributed by atoms with E-state index in [0.717, 1.165) is 44.7 Å². The van der Waals surface area contributed by atoms with Gasteiger partial charge in [0.05, 0.1) is 5.60 Å². The van der Waals surface area contributed by atoms with Gasteiger partial charge >= 0.3 is 0 Å². The molecule has 0 aromatic carbocycles. The van der Waals surface area contributed by atoms with Gasteiger partial charge in [0.1, 0.15) is 0 Å². The van der Waals surface area contributed by atoms with Crippen LogP contribution in [0.15, 0.2) is 4.99 Å². The monoisotopic (exact) mass is 424 g/mol. The van der Waals surface area contributed by atoms with Crippen LogP contribution in [0.4, 0.5) is 0 Å². The lowest BCUT2D eigenvalue weighted by molar-refractivity contribution is 0.0515. The van der Waals surface area contributed by atoms with Gasteiger partial charge < -0.3 is 15.3 Å². The normalized spacial score (nSPS) is 25.1. The van der Waals surface area contributed by atoms with E-state index in [1.165, 1.54) is 19.4 Å². The molecule has 6 heteroatoms. The number of hydrogen-bond acceptors (Lipinski definition) is 3. The molecule has 1 heterocycles. The molecule has 1 saturated heterocycles. The fourth-order valence-corrected chi connectivity index (χ4v) is 3.76. The molecule has 130 valence electrons. The summed E-state index contributed by atoms with van der Waals surface area (Å²) in [5, 5.41) is 13.8. The number of aliphatic hydroxyl groups is 1. The van der Waals surface area contributed by atoms with Crippen molar-refractivity contribution in [2.45, 2.75) is 57.1 Å². The SMILES string of the molecule is CCN1CCCC1CN(C)C(=NC)NCC1(O)CCCC1.I. The van der Waals surface area contributed by atoms with Gasteiger partial charge in [0.15, 0.2) is 5.96 Å². The molecule has 0 radical (unpaired) electrons. The fraction of sp³-hybridized carbons (Fsp3) is 0.938. The molecule has 1 saturated carbocycles. The van der Waals surface area contributed by atoms with Gasteiger partial charge in [-0.2, -0.15) is 0 Å². The molecule has 2 N–H and O–H groups in total. The first-order valence-corrected chi connectivity index (χ1v) is 8.46. The third-order valence-electron chi connectivity index (χ3n) is 5.07. The van der Waals surface area contributed by atoms with E-state index in [9.17, 15) is 5.11 Å². The van der Waals surface area contributed by atoms with Gasteiger partial charge in [0.25, 0.3) is 0 Å². The smallest absolute Gasteiger partial charge is 0.193 e. The van der Waals surface area contributed by atoms with Gasteiger partial charge in [-0.05, 0) is 38.8 Å². The number of rotatable bonds is 5. The maximum absolute atomic E-state index is 10.4. The summed E-state index contributed by atoms with van der Waals surface area (Å²) in [4.78, 5) is 9.13. The molecule has 0 amide bonds. The van der Waals surface area contributed by atoms with Crippen molar-refractivity contribution in [3.05, 3.63) is 0 Å². The van der Waals surface area contributed by atoms with Crippen LogP contribution >= 0.6 is 24.0 Å². The Morgan fingerprint density at radius 3 is 2.64 bits per heavy atom. The van der Waals surface area contributed by atoms with Gasteiger partial charge in [-0.15, -0.1) is 24.0 Å². The van der Waals surface area contributed by atoms with Gasteiger partial charge in [-0.25, -0.2) is 0 Å². The van der Waals surface area contributed by atoms with Gasteiger partial charge in [-0.1, -0.05) is 19.8 Å². The highest BCUT2D eigenvalue weighted by atomic mass is 127. The molecule has 0 aromatic rings.